The molecule has 17 heteroatoms. The predicted molar refractivity (Wildman–Crippen MR) is 244 cm³/mol. The number of amides is 2. The third kappa shape index (κ3) is 10.5. The number of fused-ring (bicyclic) bond motifs is 1. The summed E-state index contributed by atoms with van der Waals surface area (Å²) in [5, 5.41) is 0.877. The highest BCUT2D eigenvalue weighted by Gasteiger charge is 2.28. The third-order valence-electron chi connectivity index (χ3n) is 10.8. The Labute approximate surface area is 358 Å². The predicted octanol–water partition coefficient (Wildman–Crippen LogP) is 7.41. The average molecular weight is 967 g/mol. The SMILES string of the molecule is C=IN(C)S(=O)(=O)NC(=O)c1ccc2c(C(CC)CCCC)c(-c3ccc(OCc4cc(N(C=O)CCC)ccc4N4CCN(S(C)(=O)=O)CC4)cc3F)n(CC)c2c1. The van der Waals surface area contributed by atoms with Crippen molar-refractivity contribution < 1.29 is 35.6 Å². The number of sulfonamides is 1. The molecule has 0 spiro atoms. The number of carbonyl (C=O) groups excluding carboxylic acids is 2. The molecule has 1 aliphatic rings. The summed E-state index contributed by atoms with van der Waals surface area (Å²) in [6.07, 6.45) is 6.43. The normalized spacial score (nSPS) is 14.5. The van der Waals surface area contributed by atoms with Gasteiger partial charge < -0.3 is 19.1 Å². The fraction of sp³-hybridized carbons (Fsp3) is 0.452. The van der Waals surface area contributed by atoms with Gasteiger partial charge in [-0.1, -0.05) is 44.2 Å². The number of carbonyl (C=O) groups is 2. The van der Waals surface area contributed by atoms with Crippen molar-refractivity contribution in [3.05, 3.63) is 77.1 Å². The Kier molecular flexibility index (Phi) is 15.7. The van der Waals surface area contributed by atoms with Crippen molar-refractivity contribution in [1.29, 1.82) is 0 Å². The van der Waals surface area contributed by atoms with E-state index in [0.29, 0.717) is 67.5 Å². The first-order chi connectivity index (χ1) is 28.1. The van der Waals surface area contributed by atoms with Gasteiger partial charge in [0.25, 0.3) is 5.91 Å². The Morgan fingerprint density at radius 2 is 1.73 bits per heavy atom. The molecule has 4 aromatic rings. The number of ether oxygens (including phenoxy) is 1. The summed E-state index contributed by atoms with van der Waals surface area (Å²) in [7, 11) is -5.99. The maximum atomic E-state index is 16.7. The molecule has 322 valence electrons. The van der Waals surface area contributed by atoms with Crippen molar-refractivity contribution >= 4 is 80.3 Å². The number of hydrogen-bond acceptors (Lipinski definition) is 8. The van der Waals surface area contributed by atoms with Crippen LogP contribution in [0.15, 0.2) is 54.6 Å². The summed E-state index contributed by atoms with van der Waals surface area (Å²) in [4.78, 5) is 29.0. The molecule has 0 radical (unpaired) electrons. The Morgan fingerprint density at radius 3 is 2.32 bits per heavy atom. The second kappa shape index (κ2) is 20.1. The van der Waals surface area contributed by atoms with Crippen molar-refractivity contribution in [3.8, 4) is 17.0 Å². The number of piperazine rings is 1. The van der Waals surface area contributed by atoms with E-state index in [1.807, 2.05) is 42.7 Å². The molecule has 1 fully saturated rings. The first-order valence-electron chi connectivity index (χ1n) is 20.0. The number of nitrogens with one attached hydrogen (secondary N) is 1. The van der Waals surface area contributed by atoms with Gasteiger partial charge in [-0.25, -0.2) is 17.5 Å². The highest BCUT2D eigenvalue weighted by molar-refractivity contribution is 14.2. The molecule has 1 unspecified atom stereocenters. The summed E-state index contributed by atoms with van der Waals surface area (Å²) in [6.45, 7) is 10.9. The number of rotatable bonds is 20. The van der Waals surface area contributed by atoms with Crippen molar-refractivity contribution in [2.75, 3.05) is 55.8 Å². The molecule has 1 N–H and O–H groups in total. The van der Waals surface area contributed by atoms with Crippen LogP contribution >= 0.6 is 21.0 Å². The summed E-state index contributed by atoms with van der Waals surface area (Å²) in [5.41, 5.74) is 5.24. The Morgan fingerprint density at radius 1 is 1.00 bits per heavy atom. The third-order valence-corrected chi connectivity index (χ3v) is 16.4. The number of unbranched alkanes of at least 4 members (excludes halogenated alkanes) is 1. The second-order valence-electron chi connectivity index (χ2n) is 14.6. The minimum absolute atomic E-state index is 0.0648. The van der Waals surface area contributed by atoms with E-state index in [1.165, 1.54) is 23.7 Å². The van der Waals surface area contributed by atoms with Crippen molar-refractivity contribution in [2.45, 2.75) is 78.9 Å². The molecular formula is C42H56FIN6O7S2. The first-order valence-corrected chi connectivity index (χ1v) is 25.7. The molecule has 5 rings (SSSR count). The number of hydrogen-bond donors (Lipinski definition) is 1. The highest BCUT2D eigenvalue weighted by atomic mass is 127. The molecule has 1 saturated heterocycles. The van der Waals surface area contributed by atoms with E-state index >= 15 is 4.39 Å². The molecule has 1 aromatic heterocycles. The van der Waals surface area contributed by atoms with Crippen LogP contribution in [0.1, 0.15) is 87.2 Å². The lowest BCUT2D eigenvalue weighted by molar-refractivity contribution is -0.107. The van der Waals surface area contributed by atoms with Gasteiger partial charge in [0, 0.05) is 91.4 Å². The van der Waals surface area contributed by atoms with Crippen LogP contribution < -0.4 is 19.3 Å². The monoisotopic (exact) mass is 966 g/mol. The fourth-order valence-corrected chi connectivity index (χ4v) is 10.5. The first kappa shape index (κ1) is 46.2. The molecule has 0 saturated carbocycles. The molecule has 1 atom stereocenters. The fourth-order valence-electron chi connectivity index (χ4n) is 7.71. The molecule has 13 nitrogen and oxygen atoms in total. The highest BCUT2D eigenvalue weighted by Crippen LogP contribution is 2.43. The van der Waals surface area contributed by atoms with Gasteiger partial charge in [-0.05, 0) is 101 Å². The summed E-state index contributed by atoms with van der Waals surface area (Å²) in [6, 6.07) is 15.6. The van der Waals surface area contributed by atoms with Crippen LogP contribution in [0.5, 0.6) is 5.75 Å². The maximum absolute atomic E-state index is 16.7. The van der Waals surface area contributed by atoms with Gasteiger partial charge >= 0.3 is 10.2 Å². The number of aromatic nitrogens is 1. The van der Waals surface area contributed by atoms with Gasteiger partial charge in [0.15, 0.2) is 0 Å². The molecule has 0 bridgehead atoms. The number of aryl methyl sites for hydroxylation is 1. The van der Waals surface area contributed by atoms with Gasteiger partial charge in [0.1, 0.15) is 18.2 Å². The summed E-state index contributed by atoms with van der Waals surface area (Å²) >= 11 is -1.06. The van der Waals surface area contributed by atoms with E-state index in [-0.39, 0.29) is 18.1 Å². The molecular weight excluding hydrogens is 911 g/mol. The van der Waals surface area contributed by atoms with E-state index in [0.717, 1.165) is 63.2 Å². The Hall–Kier alpha value is -3.91. The Balaban J connectivity index is 1.53. The van der Waals surface area contributed by atoms with Crippen LogP contribution in [0.2, 0.25) is 0 Å². The molecule has 59 heavy (non-hydrogen) atoms. The van der Waals surface area contributed by atoms with Crippen LogP contribution in [0.4, 0.5) is 15.8 Å². The lowest BCUT2D eigenvalue weighted by Crippen LogP contribution is -2.48. The minimum atomic E-state index is -4.05. The standard InChI is InChI=1S/C42H56FIN6O7S2/c1-8-12-13-30(10-3)40-36-17-14-31(42(52)45-59(55,56)46(6)44-5)26-39(36)50(11-4)41(40)35-18-16-34(27-37(35)43)57-28-32-25-33(48(29-51)20-9-2)15-19-38(32)47-21-23-49(24-22-47)58(7,53)54/h14-19,25-27,29-30H,5,8-13,20-24,28H2,1-4,6-7H3,(H,45,52). The molecule has 3 aromatic carbocycles. The summed E-state index contributed by atoms with van der Waals surface area (Å²) < 4.78 is 83.1. The van der Waals surface area contributed by atoms with Gasteiger partial charge in [-0.2, -0.15) is 12.7 Å². The van der Waals surface area contributed by atoms with Crippen LogP contribution in [-0.2, 0) is 38.2 Å². The van der Waals surface area contributed by atoms with E-state index in [2.05, 4.69) is 28.0 Å². The van der Waals surface area contributed by atoms with Crippen LogP contribution in [0.25, 0.3) is 22.2 Å². The van der Waals surface area contributed by atoms with Crippen molar-refractivity contribution in [3.63, 3.8) is 0 Å². The number of nitrogens with zero attached hydrogens (tertiary/aromatic N) is 5. The van der Waals surface area contributed by atoms with Gasteiger partial charge in [0.2, 0.25) is 16.4 Å². The summed E-state index contributed by atoms with van der Waals surface area (Å²) in [5.74, 6) is -0.855. The number of halogens is 2. The van der Waals surface area contributed by atoms with Crippen LogP contribution in [0, 0.1) is 5.82 Å². The van der Waals surface area contributed by atoms with Crippen LogP contribution in [-0.4, -0.2) is 91.1 Å². The van der Waals surface area contributed by atoms with Gasteiger partial charge in [0.05, 0.1) is 11.9 Å². The zero-order valence-corrected chi connectivity index (χ0v) is 38.5. The lowest BCUT2D eigenvalue weighted by atomic mass is 9.87. The van der Waals surface area contributed by atoms with E-state index < -0.39 is 53.0 Å². The zero-order chi connectivity index (χ0) is 43.1. The van der Waals surface area contributed by atoms with Crippen molar-refractivity contribution in [2.24, 2.45) is 0 Å². The minimum Gasteiger partial charge on any atom is -0.489 e. The smallest absolute Gasteiger partial charge is 0.312 e. The zero-order valence-electron chi connectivity index (χ0n) is 34.7. The lowest BCUT2D eigenvalue weighted by Gasteiger charge is -2.36. The average Bonchev–Trinajstić information content (AvgIpc) is 3.54. The Bertz CT molecular complexity index is 2380. The number of benzene rings is 3. The van der Waals surface area contributed by atoms with E-state index in [4.69, 9.17) is 4.74 Å². The number of anilines is 2. The van der Waals surface area contributed by atoms with E-state index in [9.17, 15) is 26.4 Å². The second-order valence-corrected chi connectivity index (χ2v) is 21.1. The molecule has 1 aliphatic heterocycles. The quantitative estimate of drug-likeness (QED) is 0.0549. The van der Waals surface area contributed by atoms with Gasteiger partial charge in [-0.3, -0.25) is 9.59 Å². The largest absolute Gasteiger partial charge is 0.489 e. The molecule has 2 amide bonds. The maximum Gasteiger partial charge on any atom is 0.312 e. The topological polar surface area (TPSA) is 142 Å². The van der Waals surface area contributed by atoms with Crippen molar-refractivity contribution in [1.82, 2.24) is 16.1 Å². The van der Waals surface area contributed by atoms with Crippen LogP contribution in [0.3, 0.4) is 0 Å². The molecule has 0 aliphatic carbocycles. The van der Waals surface area contributed by atoms with E-state index in [1.54, 1.807) is 29.2 Å². The van der Waals surface area contributed by atoms with Gasteiger partial charge in [-0.15, -0.1) is 2.52 Å². The molecule has 2 heterocycles.